The summed E-state index contributed by atoms with van der Waals surface area (Å²) in [6.45, 7) is 0. The number of nitrogens with one attached hydrogen (secondary N) is 1. The van der Waals surface area contributed by atoms with Crippen LogP contribution in [-0.4, -0.2) is 9.97 Å². The number of thioether (sulfide) groups is 1. The van der Waals surface area contributed by atoms with Crippen LogP contribution in [-0.2, 0) is 18.6 Å². The Morgan fingerprint density at radius 3 is 3.00 bits per heavy atom. The van der Waals surface area contributed by atoms with Crippen LogP contribution in [0.1, 0.15) is 28.8 Å². The van der Waals surface area contributed by atoms with Gasteiger partial charge in [0.15, 0.2) is 5.16 Å². The van der Waals surface area contributed by atoms with E-state index in [0.29, 0.717) is 21.5 Å². The van der Waals surface area contributed by atoms with E-state index in [4.69, 9.17) is 11.6 Å². The summed E-state index contributed by atoms with van der Waals surface area (Å²) in [5.41, 5.74) is 1.50. The molecule has 1 aliphatic carbocycles. The van der Waals surface area contributed by atoms with Gasteiger partial charge < -0.3 is 4.98 Å². The highest BCUT2D eigenvalue weighted by atomic mass is 35.5. The second-order valence-corrected chi connectivity index (χ2v) is 8.21. The van der Waals surface area contributed by atoms with E-state index in [1.165, 1.54) is 34.7 Å². The Kier molecular flexibility index (Phi) is 4.37. The van der Waals surface area contributed by atoms with Gasteiger partial charge in [0.05, 0.1) is 5.39 Å². The van der Waals surface area contributed by atoms with Gasteiger partial charge in [0.2, 0.25) is 0 Å². The molecule has 0 spiro atoms. The number of aromatic amines is 1. The molecule has 2 aromatic heterocycles. The molecule has 0 amide bonds. The highest BCUT2D eigenvalue weighted by molar-refractivity contribution is 7.98. The minimum absolute atomic E-state index is 0.0958. The summed E-state index contributed by atoms with van der Waals surface area (Å²) in [5, 5.41) is 1.63. The van der Waals surface area contributed by atoms with Crippen molar-refractivity contribution in [1.82, 2.24) is 9.97 Å². The first-order valence-corrected chi connectivity index (χ1v) is 9.92. The zero-order valence-corrected chi connectivity index (χ0v) is 15.1. The predicted octanol–water partition coefficient (Wildman–Crippen LogP) is 4.95. The van der Waals surface area contributed by atoms with Crippen molar-refractivity contribution in [2.75, 3.05) is 0 Å². The molecule has 3 nitrogen and oxygen atoms in total. The molecule has 0 aliphatic heterocycles. The standard InChI is InChI=1S/C17H14ClFN2OS2/c18-11-5-3-6-12(19)10(11)8-23-17-20-15(22)14-9-4-1-2-7-13(9)24-16(14)21-17/h3,5-6H,1-2,4,7-8H2,(H,20,21,22). The second kappa shape index (κ2) is 6.50. The average molecular weight is 381 g/mol. The van der Waals surface area contributed by atoms with Crippen molar-refractivity contribution in [3.05, 3.63) is 55.4 Å². The maximum Gasteiger partial charge on any atom is 0.260 e. The molecule has 0 saturated heterocycles. The number of halogens is 2. The quantitative estimate of drug-likeness (QED) is 0.516. The normalized spacial score (nSPS) is 14.1. The summed E-state index contributed by atoms with van der Waals surface area (Å²) in [6, 6.07) is 4.62. The molecule has 1 aromatic carbocycles. The first kappa shape index (κ1) is 16.1. The molecule has 0 unspecified atom stereocenters. The molecule has 124 valence electrons. The van der Waals surface area contributed by atoms with Crippen molar-refractivity contribution in [1.29, 1.82) is 0 Å². The molecule has 0 saturated carbocycles. The molecule has 7 heteroatoms. The van der Waals surface area contributed by atoms with Crippen LogP contribution in [0.4, 0.5) is 4.39 Å². The van der Waals surface area contributed by atoms with Crippen molar-refractivity contribution >= 4 is 44.9 Å². The van der Waals surface area contributed by atoms with Crippen molar-refractivity contribution < 1.29 is 4.39 Å². The van der Waals surface area contributed by atoms with E-state index < -0.39 is 0 Å². The van der Waals surface area contributed by atoms with Gasteiger partial charge in [-0.15, -0.1) is 11.3 Å². The number of hydrogen-bond acceptors (Lipinski definition) is 4. The number of H-pyrrole nitrogens is 1. The van der Waals surface area contributed by atoms with Gasteiger partial charge in [0, 0.05) is 21.2 Å². The molecule has 0 radical (unpaired) electrons. The van der Waals surface area contributed by atoms with Gasteiger partial charge in [-0.3, -0.25) is 4.79 Å². The first-order chi connectivity index (χ1) is 11.6. The highest BCUT2D eigenvalue weighted by Gasteiger charge is 2.20. The Morgan fingerprint density at radius 1 is 1.33 bits per heavy atom. The van der Waals surface area contributed by atoms with Gasteiger partial charge in [-0.1, -0.05) is 29.4 Å². The molecule has 0 bridgehead atoms. The monoisotopic (exact) mass is 380 g/mol. The summed E-state index contributed by atoms with van der Waals surface area (Å²) in [7, 11) is 0. The van der Waals surface area contributed by atoms with Crippen LogP contribution in [0.15, 0.2) is 28.2 Å². The van der Waals surface area contributed by atoms with E-state index in [0.717, 1.165) is 29.5 Å². The molecule has 0 fully saturated rings. The van der Waals surface area contributed by atoms with E-state index in [1.807, 2.05) is 0 Å². The molecule has 4 rings (SSSR count). The van der Waals surface area contributed by atoms with Crippen LogP contribution >= 0.6 is 34.7 Å². The van der Waals surface area contributed by atoms with E-state index in [1.54, 1.807) is 23.5 Å². The number of aryl methyl sites for hydroxylation is 2. The summed E-state index contributed by atoms with van der Waals surface area (Å²) in [6.07, 6.45) is 4.28. The van der Waals surface area contributed by atoms with Gasteiger partial charge in [0.1, 0.15) is 10.6 Å². The summed E-state index contributed by atoms with van der Waals surface area (Å²) in [4.78, 5) is 22.0. The molecule has 2 heterocycles. The lowest BCUT2D eigenvalue weighted by Crippen LogP contribution is -2.11. The zero-order chi connectivity index (χ0) is 16.7. The number of rotatable bonds is 3. The number of hydrogen-bond donors (Lipinski definition) is 1. The van der Waals surface area contributed by atoms with Crippen molar-refractivity contribution in [3.8, 4) is 0 Å². The summed E-state index contributed by atoms with van der Waals surface area (Å²) >= 11 is 8.95. The van der Waals surface area contributed by atoms with Gasteiger partial charge in [-0.2, -0.15) is 0 Å². The fourth-order valence-electron chi connectivity index (χ4n) is 3.02. The lowest BCUT2D eigenvalue weighted by Gasteiger charge is -2.09. The Hall–Kier alpha value is -1.37. The van der Waals surface area contributed by atoms with Gasteiger partial charge in [-0.25, -0.2) is 9.37 Å². The van der Waals surface area contributed by atoms with Crippen LogP contribution in [0.3, 0.4) is 0 Å². The fourth-order valence-corrected chi connectivity index (χ4v) is 5.55. The molecule has 1 N–H and O–H groups in total. The smallest absolute Gasteiger partial charge is 0.260 e. The Balaban J connectivity index is 1.67. The minimum Gasteiger partial charge on any atom is -0.301 e. The topological polar surface area (TPSA) is 45.8 Å². The van der Waals surface area contributed by atoms with Crippen LogP contribution in [0, 0.1) is 5.82 Å². The number of fused-ring (bicyclic) bond motifs is 3. The number of benzene rings is 1. The van der Waals surface area contributed by atoms with Crippen LogP contribution in [0.2, 0.25) is 5.02 Å². The van der Waals surface area contributed by atoms with E-state index in [2.05, 4.69) is 9.97 Å². The largest absolute Gasteiger partial charge is 0.301 e. The van der Waals surface area contributed by atoms with Crippen molar-refractivity contribution in [2.24, 2.45) is 0 Å². The van der Waals surface area contributed by atoms with Gasteiger partial charge in [-0.05, 0) is 43.4 Å². The second-order valence-electron chi connectivity index (χ2n) is 5.75. The predicted molar refractivity (Wildman–Crippen MR) is 97.9 cm³/mol. The summed E-state index contributed by atoms with van der Waals surface area (Å²) < 4.78 is 13.9. The number of nitrogens with zero attached hydrogens (tertiary/aromatic N) is 1. The van der Waals surface area contributed by atoms with Gasteiger partial charge >= 0.3 is 0 Å². The van der Waals surface area contributed by atoms with E-state index in [9.17, 15) is 9.18 Å². The fraction of sp³-hybridized carbons (Fsp3) is 0.294. The maximum absolute atomic E-state index is 13.9. The van der Waals surface area contributed by atoms with Crippen LogP contribution in [0.25, 0.3) is 10.2 Å². The average Bonchev–Trinajstić information content (AvgIpc) is 2.93. The van der Waals surface area contributed by atoms with Crippen molar-refractivity contribution in [2.45, 2.75) is 36.6 Å². The summed E-state index contributed by atoms with van der Waals surface area (Å²) in [5.74, 6) is -0.0181. The number of aromatic nitrogens is 2. The maximum atomic E-state index is 13.9. The van der Waals surface area contributed by atoms with Crippen LogP contribution in [0.5, 0.6) is 0 Å². The molecule has 0 atom stereocenters. The number of thiophene rings is 1. The lowest BCUT2D eigenvalue weighted by molar-refractivity contribution is 0.617. The molecular weight excluding hydrogens is 367 g/mol. The third kappa shape index (κ3) is 2.87. The third-order valence-electron chi connectivity index (χ3n) is 4.22. The third-order valence-corrected chi connectivity index (χ3v) is 6.66. The first-order valence-electron chi connectivity index (χ1n) is 7.74. The van der Waals surface area contributed by atoms with E-state index in [-0.39, 0.29) is 11.4 Å². The molecule has 1 aliphatic rings. The Bertz CT molecular complexity index is 962. The van der Waals surface area contributed by atoms with Crippen molar-refractivity contribution in [3.63, 3.8) is 0 Å². The molecule has 24 heavy (non-hydrogen) atoms. The zero-order valence-electron chi connectivity index (χ0n) is 12.7. The minimum atomic E-state index is -0.343. The van der Waals surface area contributed by atoms with Crippen LogP contribution < -0.4 is 5.56 Å². The SMILES string of the molecule is O=c1[nH]c(SCc2c(F)cccc2Cl)nc2sc3c(c12)CCCC3. The Labute approximate surface area is 151 Å². The Morgan fingerprint density at radius 2 is 2.17 bits per heavy atom. The lowest BCUT2D eigenvalue weighted by atomic mass is 9.97. The highest BCUT2D eigenvalue weighted by Crippen LogP contribution is 2.34. The van der Waals surface area contributed by atoms with E-state index >= 15 is 0 Å². The van der Waals surface area contributed by atoms with Gasteiger partial charge in [0.25, 0.3) is 5.56 Å². The molecule has 3 aromatic rings. The molecular formula is C17H14ClFN2OS2.